The van der Waals surface area contributed by atoms with Gasteiger partial charge < -0.3 is 15.0 Å². The second-order valence-corrected chi connectivity index (χ2v) is 8.76. The topological polar surface area (TPSA) is 41.6 Å². The van der Waals surface area contributed by atoms with Gasteiger partial charge >= 0.3 is 0 Å². The molecule has 0 aromatic heterocycles. The summed E-state index contributed by atoms with van der Waals surface area (Å²) in [5.41, 5.74) is 2.48. The number of carbonyl (C=O) groups excluding carboxylic acids is 1. The van der Waals surface area contributed by atoms with Gasteiger partial charge in [0.25, 0.3) is 0 Å². The molecule has 1 aromatic carbocycles. The van der Waals surface area contributed by atoms with Crippen LogP contribution in [0.2, 0.25) is 0 Å². The number of nitrogens with one attached hydrogen (secondary N) is 1. The molecule has 1 amide bonds. The average molecular weight is 342 g/mol. The highest BCUT2D eigenvalue weighted by Crippen LogP contribution is 2.37. The zero-order valence-corrected chi connectivity index (χ0v) is 15.7. The molecular formula is C21H30N2O2. The Morgan fingerprint density at radius 3 is 2.84 bits per heavy atom. The lowest BCUT2D eigenvalue weighted by Gasteiger charge is -2.37. The molecule has 2 heterocycles. The molecule has 2 fully saturated rings. The SMILES string of the molecule is C[C@@H]1CN(C(=O)C2CC2)CC[C@@H]1NCc1cccc2c1OC(C)(C)C2. The first kappa shape index (κ1) is 16.9. The highest BCUT2D eigenvalue weighted by atomic mass is 16.5. The molecule has 4 nitrogen and oxygen atoms in total. The summed E-state index contributed by atoms with van der Waals surface area (Å²) in [5, 5.41) is 3.73. The van der Waals surface area contributed by atoms with E-state index >= 15 is 0 Å². The van der Waals surface area contributed by atoms with E-state index < -0.39 is 0 Å². The maximum absolute atomic E-state index is 12.3. The van der Waals surface area contributed by atoms with E-state index in [9.17, 15) is 4.79 Å². The van der Waals surface area contributed by atoms with Gasteiger partial charge in [-0.1, -0.05) is 25.1 Å². The summed E-state index contributed by atoms with van der Waals surface area (Å²) in [6.45, 7) is 9.19. The van der Waals surface area contributed by atoms with Gasteiger partial charge in [0.05, 0.1) is 0 Å². The van der Waals surface area contributed by atoms with Crippen LogP contribution in [0.3, 0.4) is 0 Å². The van der Waals surface area contributed by atoms with Crippen LogP contribution >= 0.6 is 0 Å². The van der Waals surface area contributed by atoms with Gasteiger partial charge in [0.15, 0.2) is 0 Å². The van der Waals surface area contributed by atoms with Crippen LogP contribution in [0, 0.1) is 11.8 Å². The lowest BCUT2D eigenvalue weighted by molar-refractivity contribution is -0.134. The third-order valence-electron chi connectivity index (χ3n) is 5.87. The van der Waals surface area contributed by atoms with Crippen molar-refractivity contribution in [1.29, 1.82) is 0 Å². The number of para-hydroxylation sites is 1. The van der Waals surface area contributed by atoms with E-state index in [4.69, 9.17) is 4.74 Å². The lowest BCUT2D eigenvalue weighted by Crippen LogP contribution is -2.50. The number of likely N-dealkylation sites (tertiary alicyclic amines) is 1. The number of rotatable bonds is 4. The minimum Gasteiger partial charge on any atom is -0.487 e. The second kappa shape index (κ2) is 6.31. The van der Waals surface area contributed by atoms with Crippen LogP contribution in [0.25, 0.3) is 0 Å². The Bertz CT molecular complexity index is 666. The van der Waals surface area contributed by atoms with E-state index in [0.717, 1.165) is 51.1 Å². The van der Waals surface area contributed by atoms with Gasteiger partial charge in [-0.2, -0.15) is 0 Å². The Balaban J connectivity index is 1.35. The first-order chi connectivity index (χ1) is 11.9. The number of nitrogens with zero attached hydrogens (tertiary/aromatic N) is 1. The number of ether oxygens (including phenoxy) is 1. The largest absolute Gasteiger partial charge is 0.487 e. The van der Waals surface area contributed by atoms with Crippen molar-refractivity contribution in [3.63, 3.8) is 0 Å². The Hall–Kier alpha value is -1.55. The fourth-order valence-corrected chi connectivity index (χ4v) is 4.30. The Morgan fingerprint density at radius 2 is 2.12 bits per heavy atom. The molecular weight excluding hydrogens is 312 g/mol. The maximum atomic E-state index is 12.3. The van der Waals surface area contributed by atoms with Crippen molar-refractivity contribution in [3.8, 4) is 5.75 Å². The van der Waals surface area contributed by atoms with Crippen molar-refractivity contribution >= 4 is 5.91 Å². The third-order valence-corrected chi connectivity index (χ3v) is 5.87. The molecule has 2 atom stereocenters. The molecule has 1 saturated carbocycles. The molecule has 2 aliphatic heterocycles. The summed E-state index contributed by atoms with van der Waals surface area (Å²) in [6.07, 6.45) is 4.22. The highest BCUT2D eigenvalue weighted by Gasteiger charge is 2.37. The number of fused-ring (bicyclic) bond motifs is 1. The van der Waals surface area contributed by atoms with Crippen molar-refractivity contribution in [3.05, 3.63) is 29.3 Å². The van der Waals surface area contributed by atoms with Crippen molar-refractivity contribution in [1.82, 2.24) is 10.2 Å². The van der Waals surface area contributed by atoms with Crippen molar-refractivity contribution in [2.75, 3.05) is 13.1 Å². The predicted octanol–water partition coefficient (Wildman–Crippen LogP) is 3.14. The molecule has 25 heavy (non-hydrogen) atoms. The zero-order chi connectivity index (χ0) is 17.6. The van der Waals surface area contributed by atoms with Crippen LogP contribution in [-0.4, -0.2) is 35.5 Å². The number of carbonyl (C=O) groups is 1. The molecule has 1 N–H and O–H groups in total. The van der Waals surface area contributed by atoms with Crippen LogP contribution in [0.1, 0.15) is 51.2 Å². The fraction of sp³-hybridized carbons (Fsp3) is 0.667. The van der Waals surface area contributed by atoms with Crippen LogP contribution in [0.15, 0.2) is 18.2 Å². The minimum absolute atomic E-state index is 0.0970. The molecule has 136 valence electrons. The molecule has 1 aliphatic carbocycles. The normalized spacial score (nSPS) is 27.7. The molecule has 0 bridgehead atoms. The summed E-state index contributed by atoms with van der Waals surface area (Å²) in [4.78, 5) is 14.4. The van der Waals surface area contributed by atoms with Crippen LogP contribution in [-0.2, 0) is 17.8 Å². The third kappa shape index (κ3) is 3.55. The van der Waals surface area contributed by atoms with Gasteiger partial charge in [-0.3, -0.25) is 4.79 Å². The molecule has 0 spiro atoms. The van der Waals surface area contributed by atoms with Crippen LogP contribution in [0.5, 0.6) is 5.75 Å². The molecule has 0 radical (unpaired) electrons. The number of amides is 1. The van der Waals surface area contributed by atoms with Gasteiger partial charge in [0, 0.05) is 43.6 Å². The van der Waals surface area contributed by atoms with E-state index in [1.807, 2.05) is 0 Å². The van der Waals surface area contributed by atoms with Gasteiger partial charge in [-0.25, -0.2) is 0 Å². The number of hydrogen-bond acceptors (Lipinski definition) is 3. The summed E-state index contributed by atoms with van der Waals surface area (Å²) in [7, 11) is 0. The highest BCUT2D eigenvalue weighted by molar-refractivity contribution is 5.81. The quantitative estimate of drug-likeness (QED) is 0.914. The summed E-state index contributed by atoms with van der Waals surface area (Å²) < 4.78 is 6.18. The summed E-state index contributed by atoms with van der Waals surface area (Å²) in [6, 6.07) is 6.96. The van der Waals surface area contributed by atoms with Crippen molar-refractivity contribution in [2.24, 2.45) is 11.8 Å². The molecule has 0 unspecified atom stereocenters. The van der Waals surface area contributed by atoms with Gasteiger partial charge in [0.2, 0.25) is 5.91 Å². The first-order valence-corrected chi connectivity index (χ1v) is 9.75. The number of benzene rings is 1. The molecule has 1 aromatic rings. The summed E-state index contributed by atoms with van der Waals surface area (Å²) in [5.74, 6) is 2.30. The lowest BCUT2D eigenvalue weighted by atomic mass is 9.93. The van der Waals surface area contributed by atoms with Gasteiger partial charge in [-0.05, 0) is 44.6 Å². The van der Waals surface area contributed by atoms with E-state index in [-0.39, 0.29) is 5.60 Å². The number of piperidine rings is 1. The van der Waals surface area contributed by atoms with E-state index in [2.05, 4.69) is 49.2 Å². The Labute approximate surface area is 150 Å². The first-order valence-electron chi connectivity index (χ1n) is 9.75. The smallest absolute Gasteiger partial charge is 0.225 e. The molecule has 4 rings (SSSR count). The fourth-order valence-electron chi connectivity index (χ4n) is 4.30. The Kier molecular flexibility index (Phi) is 4.27. The second-order valence-electron chi connectivity index (χ2n) is 8.76. The minimum atomic E-state index is -0.0970. The van der Waals surface area contributed by atoms with Gasteiger partial charge in [0.1, 0.15) is 11.4 Å². The van der Waals surface area contributed by atoms with E-state index in [1.54, 1.807) is 0 Å². The van der Waals surface area contributed by atoms with Crippen LogP contribution in [0.4, 0.5) is 0 Å². The maximum Gasteiger partial charge on any atom is 0.225 e. The molecule has 3 aliphatic rings. The molecule has 1 saturated heterocycles. The van der Waals surface area contributed by atoms with Crippen molar-refractivity contribution < 1.29 is 9.53 Å². The van der Waals surface area contributed by atoms with Crippen molar-refractivity contribution in [2.45, 2.75) is 64.6 Å². The van der Waals surface area contributed by atoms with E-state index in [0.29, 0.717) is 23.8 Å². The molecule has 4 heteroatoms. The predicted molar refractivity (Wildman–Crippen MR) is 98.6 cm³/mol. The summed E-state index contributed by atoms with van der Waals surface area (Å²) >= 11 is 0. The monoisotopic (exact) mass is 342 g/mol. The Morgan fingerprint density at radius 1 is 1.32 bits per heavy atom. The van der Waals surface area contributed by atoms with Gasteiger partial charge in [-0.15, -0.1) is 0 Å². The van der Waals surface area contributed by atoms with E-state index in [1.165, 1.54) is 11.1 Å². The van der Waals surface area contributed by atoms with Crippen LogP contribution < -0.4 is 10.1 Å². The average Bonchev–Trinajstić information content (AvgIpc) is 3.35. The zero-order valence-electron chi connectivity index (χ0n) is 15.7. The standard InChI is InChI=1S/C21H30N2O2/c1-14-13-23(20(24)15-7-8-15)10-9-18(14)22-12-17-6-4-5-16-11-21(2,3)25-19(16)17/h4-6,14-15,18,22H,7-13H2,1-3H3/t14-,18+/m1/s1. The number of hydrogen-bond donors (Lipinski definition) is 1.